The van der Waals surface area contributed by atoms with E-state index in [9.17, 15) is 0 Å². The highest BCUT2D eigenvalue weighted by Gasteiger charge is 2.23. The highest BCUT2D eigenvalue weighted by Crippen LogP contribution is 2.31. The Kier molecular flexibility index (Phi) is 5.65. The van der Waals surface area contributed by atoms with E-state index in [0.29, 0.717) is 11.8 Å². The Bertz CT molecular complexity index is 471. The predicted octanol–water partition coefficient (Wildman–Crippen LogP) is 3.60. The van der Waals surface area contributed by atoms with Crippen molar-refractivity contribution in [1.29, 1.82) is 0 Å². The van der Waals surface area contributed by atoms with Gasteiger partial charge in [0.1, 0.15) is 5.75 Å². The average molecular weight is 291 g/mol. The highest BCUT2D eigenvalue weighted by molar-refractivity contribution is 5.43. The van der Waals surface area contributed by atoms with E-state index >= 15 is 0 Å². The third kappa shape index (κ3) is 3.98. The Balaban J connectivity index is 2.11. The van der Waals surface area contributed by atoms with Crippen molar-refractivity contribution in [3.8, 4) is 5.75 Å². The van der Waals surface area contributed by atoms with Crippen molar-refractivity contribution in [3.63, 3.8) is 0 Å². The number of nitrogens with zero attached hydrogens (tertiary/aromatic N) is 1. The fourth-order valence-electron chi connectivity index (χ4n) is 3.21. The summed E-state index contributed by atoms with van der Waals surface area (Å²) in [6.45, 7) is 10.9. The Labute approximate surface area is 129 Å². The molecule has 118 valence electrons. The number of rotatable bonds is 6. The standard InChI is InChI=1S/C18H29NO2/c1-13(2)17-9-16(14(3)8-18(17)21-5)11-19-7-6-15(10-19)12-20-4/h8-9,13,15H,6-7,10-12H2,1-5H3. The van der Waals surface area contributed by atoms with Gasteiger partial charge < -0.3 is 9.47 Å². The summed E-state index contributed by atoms with van der Waals surface area (Å²) in [7, 11) is 3.56. The van der Waals surface area contributed by atoms with Crippen molar-refractivity contribution in [2.75, 3.05) is 33.9 Å². The first-order chi connectivity index (χ1) is 10.0. The SMILES string of the molecule is COCC1CCN(Cc2cc(C(C)C)c(OC)cc2C)C1. The van der Waals surface area contributed by atoms with E-state index in [1.807, 2.05) is 0 Å². The normalized spacial score (nSPS) is 19.4. The van der Waals surface area contributed by atoms with Gasteiger partial charge in [-0.25, -0.2) is 0 Å². The molecule has 1 aromatic carbocycles. The maximum absolute atomic E-state index is 5.53. The summed E-state index contributed by atoms with van der Waals surface area (Å²) < 4.78 is 10.8. The minimum absolute atomic E-state index is 0.485. The van der Waals surface area contributed by atoms with Crippen LogP contribution in [0.5, 0.6) is 5.75 Å². The molecule has 1 fully saturated rings. The molecule has 1 heterocycles. The summed E-state index contributed by atoms with van der Waals surface area (Å²) in [5.41, 5.74) is 4.06. The zero-order valence-electron chi connectivity index (χ0n) is 14.1. The van der Waals surface area contributed by atoms with Crippen molar-refractivity contribution in [2.24, 2.45) is 5.92 Å². The van der Waals surface area contributed by atoms with Crippen molar-refractivity contribution in [1.82, 2.24) is 4.90 Å². The van der Waals surface area contributed by atoms with Gasteiger partial charge in [0.2, 0.25) is 0 Å². The lowest BCUT2D eigenvalue weighted by Crippen LogP contribution is -2.22. The Morgan fingerprint density at radius 3 is 2.67 bits per heavy atom. The first kappa shape index (κ1) is 16.3. The molecule has 0 aliphatic carbocycles. The molecule has 1 atom stereocenters. The average Bonchev–Trinajstić information content (AvgIpc) is 2.88. The van der Waals surface area contributed by atoms with Crippen molar-refractivity contribution < 1.29 is 9.47 Å². The van der Waals surface area contributed by atoms with E-state index in [0.717, 1.165) is 25.4 Å². The van der Waals surface area contributed by atoms with E-state index in [1.165, 1.54) is 29.7 Å². The minimum atomic E-state index is 0.485. The van der Waals surface area contributed by atoms with E-state index < -0.39 is 0 Å². The van der Waals surface area contributed by atoms with Gasteiger partial charge in [0.15, 0.2) is 0 Å². The second-order valence-corrected chi connectivity index (χ2v) is 6.52. The van der Waals surface area contributed by atoms with Crippen LogP contribution in [0.3, 0.4) is 0 Å². The van der Waals surface area contributed by atoms with E-state index in [2.05, 4.69) is 37.8 Å². The van der Waals surface area contributed by atoms with Gasteiger partial charge in [0.05, 0.1) is 13.7 Å². The van der Waals surface area contributed by atoms with Gasteiger partial charge in [-0.2, -0.15) is 0 Å². The monoisotopic (exact) mass is 291 g/mol. The molecule has 3 nitrogen and oxygen atoms in total. The molecule has 0 N–H and O–H groups in total. The first-order valence-electron chi connectivity index (χ1n) is 7.93. The number of likely N-dealkylation sites (tertiary alicyclic amines) is 1. The lowest BCUT2D eigenvalue weighted by molar-refractivity contribution is 0.152. The van der Waals surface area contributed by atoms with Crippen molar-refractivity contribution >= 4 is 0 Å². The smallest absolute Gasteiger partial charge is 0.122 e. The molecule has 1 saturated heterocycles. The number of methoxy groups -OCH3 is 2. The molecule has 0 aromatic heterocycles. The van der Waals surface area contributed by atoms with Crippen LogP contribution in [0.15, 0.2) is 12.1 Å². The summed E-state index contributed by atoms with van der Waals surface area (Å²) in [4.78, 5) is 2.54. The van der Waals surface area contributed by atoms with Crippen LogP contribution in [0.4, 0.5) is 0 Å². The van der Waals surface area contributed by atoms with Crippen LogP contribution in [0.1, 0.15) is 42.9 Å². The van der Waals surface area contributed by atoms with Crippen LogP contribution in [-0.4, -0.2) is 38.8 Å². The molecule has 0 spiro atoms. The Morgan fingerprint density at radius 1 is 1.29 bits per heavy atom. The van der Waals surface area contributed by atoms with Gasteiger partial charge in [0.25, 0.3) is 0 Å². The lowest BCUT2D eigenvalue weighted by atomic mass is 9.96. The van der Waals surface area contributed by atoms with Gasteiger partial charge in [-0.1, -0.05) is 19.9 Å². The number of benzene rings is 1. The number of hydrogen-bond donors (Lipinski definition) is 0. The topological polar surface area (TPSA) is 21.7 Å². The third-order valence-corrected chi connectivity index (χ3v) is 4.48. The molecule has 0 bridgehead atoms. The third-order valence-electron chi connectivity index (χ3n) is 4.48. The van der Waals surface area contributed by atoms with Gasteiger partial charge in [-0.05, 0) is 54.5 Å². The fourth-order valence-corrected chi connectivity index (χ4v) is 3.21. The predicted molar refractivity (Wildman–Crippen MR) is 87.1 cm³/mol. The molecule has 0 radical (unpaired) electrons. The van der Waals surface area contributed by atoms with Gasteiger partial charge in [-0.3, -0.25) is 4.90 Å². The highest BCUT2D eigenvalue weighted by atomic mass is 16.5. The molecule has 3 heteroatoms. The van der Waals surface area contributed by atoms with Gasteiger partial charge in [0, 0.05) is 20.2 Å². The molecule has 1 aliphatic heterocycles. The van der Waals surface area contributed by atoms with Crippen LogP contribution in [0, 0.1) is 12.8 Å². The quantitative estimate of drug-likeness (QED) is 0.799. The molecule has 1 aromatic rings. The van der Waals surface area contributed by atoms with Crippen LogP contribution in [-0.2, 0) is 11.3 Å². The molecule has 1 unspecified atom stereocenters. The van der Waals surface area contributed by atoms with E-state index in [4.69, 9.17) is 9.47 Å². The molecular formula is C18H29NO2. The second kappa shape index (κ2) is 7.28. The number of ether oxygens (including phenoxy) is 2. The fraction of sp³-hybridized carbons (Fsp3) is 0.667. The van der Waals surface area contributed by atoms with Crippen LogP contribution in [0.25, 0.3) is 0 Å². The maximum Gasteiger partial charge on any atom is 0.122 e. The zero-order valence-corrected chi connectivity index (χ0v) is 14.1. The Morgan fingerprint density at radius 2 is 2.05 bits per heavy atom. The zero-order chi connectivity index (χ0) is 15.4. The number of aryl methyl sites for hydroxylation is 1. The molecule has 2 rings (SSSR count). The molecule has 0 amide bonds. The van der Waals surface area contributed by atoms with Crippen molar-refractivity contribution in [3.05, 3.63) is 28.8 Å². The summed E-state index contributed by atoms with van der Waals surface area (Å²) in [5, 5.41) is 0. The van der Waals surface area contributed by atoms with Gasteiger partial charge >= 0.3 is 0 Å². The largest absolute Gasteiger partial charge is 0.496 e. The van der Waals surface area contributed by atoms with Crippen molar-refractivity contribution in [2.45, 2.75) is 39.7 Å². The van der Waals surface area contributed by atoms with Crippen LogP contribution in [0.2, 0.25) is 0 Å². The maximum atomic E-state index is 5.53. The van der Waals surface area contributed by atoms with Gasteiger partial charge in [-0.15, -0.1) is 0 Å². The summed E-state index contributed by atoms with van der Waals surface area (Å²) in [5.74, 6) is 2.20. The second-order valence-electron chi connectivity index (χ2n) is 6.52. The minimum Gasteiger partial charge on any atom is -0.496 e. The summed E-state index contributed by atoms with van der Waals surface area (Å²) >= 11 is 0. The van der Waals surface area contributed by atoms with E-state index in [-0.39, 0.29) is 0 Å². The first-order valence-corrected chi connectivity index (χ1v) is 7.93. The van der Waals surface area contributed by atoms with E-state index in [1.54, 1.807) is 14.2 Å². The van der Waals surface area contributed by atoms with Crippen LogP contribution < -0.4 is 4.74 Å². The summed E-state index contributed by atoms with van der Waals surface area (Å²) in [6.07, 6.45) is 1.25. The van der Waals surface area contributed by atoms with Crippen LogP contribution >= 0.6 is 0 Å². The molecule has 1 aliphatic rings. The number of hydrogen-bond acceptors (Lipinski definition) is 3. The lowest BCUT2D eigenvalue weighted by Gasteiger charge is -2.20. The molecule has 0 saturated carbocycles. The Hall–Kier alpha value is -1.06. The molecular weight excluding hydrogens is 262 g/mol. The summed E-state index contributed by atoms with van der Waals surface area (Å²) in [6, 6.07) is 4.52. The molecule has 21 heavy (non-hydrogen) atoms.